The van der Waals surface area contributed by atoms with Crippen LogP contribution in [0.15, 0.2) is 36.7 Å². The molecular weight excluding hydrogens is 487 g/mol. The van der Waals surface area contributed by atoms with Crippen LogP contribution in [-0.2, 0) is 17.6 Å². The lowest BCUT2D eigenvalue weighted by molar-refractivity contribution is -0.157. The number of hydrogen-bond acceptors (Lipinski definition) is 3. The first-order valence-corrected chi connectivity index (χ1v) is 15.8. The Morgan fingerprint density at radius 1 is 0.821 bits per heavy atom. The number of hydrogen-bond donors (Lipinski definition) is 1. The molecule has 1 aromatic heterocycles. The molecule has 0 radical (unpaired) electrons. The maximum absolute atomic E-state index is 15.4. The summed E-state index contributed by atoms with van der Waals surface area (Å²) in [6, 6.07) is 8.55. The van der Waals surface area contributed by atoms with Gasteiger partial charge in [0, 0.05) is 23.9 Å². The van der Waals surface area contributed by atoms with Gasteiger partial charge < -0.3 is 5.11 Å². The van der Waals surface area contributed by atoms with Gasteiger partial charge >= 0.3 is 5.97 Å². The van der Waals surface area contributed by atoms with E-state index in [-0.39, 0.29) is 12.3 Å². The molecule has 39 heavy (non-hydrogen) atoms. The average Bonchev–Trinajstić information content (AvgIpc) is 2.96. The van der Waals surface area contributed by atoms with Crippen molar-refractivity contribution in [1.82, 2.24) is 9.97 Å². The largest absolute Gasteiger partial charge is 0.479 e. The number of nitrogens with zero attached hydrogens (tertiary/aromatic N) is 2. The van der Waals surface area contributed by atoms with Crippen LogP contribution in [0.25, 0.3) is 11.4 Å². The standard InChI is InChI=1S/C34H51FN2O2/c1-3-5-7-8-9-10-11-13-29-25-36-32(37-26-29)30-20-16-27(17-21-30)14-15-28-18-22-31(23-19-28)34(35,33(38)39)24-12-6-4-2/h16-17,20-21,25-26,28,31H,3-15,18-19,22-24H2,1-2H3,(H,38,39)/t28-,31-,34-/m0/s1. The molecule has 1 N–H and O–H groups in total. The number of aryl methyl sites for hydroxylation is 2. The van der Waals surface area contributed by atoms with Gasteiger partial charge in [0.1, 0.15) is 0 Å². The van der Waals surface area contributed by atoms with Crippen molar-refractivity contribution >= 4 is 5.97 Å². The zero-order chi connectivity index (χ0) is 27.9. The second-order valence-electron chi connectivity index (χ2n) is 11.9. The molecule has 0 bridgehead atoms. The molecule has 0 spiro atoms. The minimum atomic E-state index is -2.05. The van der Waals surface area contributed by atoms with E-state index in [4.69, 9.17) is 0 Å². The molecule has 2 aromatic rings. The second-order valence-corrected chi connectivity index (χ2v) is 11.9. The van der Waals surface area contributed by atoms with E-state index >= 15 is 4.39 Å². The van der Waals surface area contributed by atoms with Crippen molar-refractivity contribution in [2.45, 2.75) is 135 Å². The quantitative estimate of drug-likeness (QED) is 0.192. The molecular formula is C34H51FN2O2. The highest BCUT2D eigenvalue weighted by atomic mass is 19.1. The number of aliphatic carboxylic acids is 1. The van der Waals surface area contributed by atoms with Gasteiger partial charge in [-0.15, -0.1) is 0 Å². The summed E-state index contributed by atoms with van der Waals surface area (Å²) >= 11 is 0. The van der Waals surface area contributed by atoms with Crippen molar-refractivity contribution < 1.29 is 14.3 Å². The van der Waals surface area contributed by atoms with Crippen LogP contribution in [0.5, 0.6) is 0 Å². The maximum atomic E-state index is 15.4. The highest BCUT2D eigenvalue weighted by Crippen LogP contribution is 2.42. The van der Waals surface area contributed by atoms with Crippen LogP contribution in [0.3, 0.4) is 0 Å². The van der Waals surface area contributed by atoms with Crippen LogP contribution in [0.1, 0.15) is 128 Å². The number of carboxylic acid groups (broad SMARTS) is 1. The van der Waals surface area contributed by atoms with Crippen LogP contribution in [0.4, 0.5) is 4.39 Å². The van der Waals surface area contributed by atoms with Gasteiger partial charge in [-0.3, -0.25) is 0 Å². The number of rotatable bonds is 18. The van der Waals surface area contributed by atoms with E-state index in [0.717, 1.165) is 56.3 Å². The lowest BCUT2D eigenvalue weighted by atomic mass is 9.71. The normalized spacial score (nSPS) is 19.1. The fraction of sp³-hybridized carbons (Fsp3) is 0.676. The molecule has 5 heteroatoms. The van der Waals surface area contributed by atoms with E-state index in [0.29, 0.717) is 25.2 Å². The van der Waals surface area contributed by atoms with Crippen molar-refractivity contribution in [3.05, 3.63) is 47.8 Å². The van der Waals surface area contributed by atoms with E-state index in [1.165, 1.54) is 56.1 Å². The molecule has 0 saturated heterocycles. The Labute approximate surface area is 236 Å². The summed E-state index contributed by atoms with van der Waals surface area (Å²) in [5, 5.41) is 9.61. The number of alkyl halides is 1. The smallest absolute Gasteiger partial charge is 0.341 e. The molecule has 216 valence electrons. The van der Waals surface area contributed by atoms with Crippen molar-refractivity contribution in [2.24, 2.45) is 11.8 Å². The first kappa shape index (κ1) is 31.2. The Balaban J connectivity index is 1.39. The zero-order valence-electron chi connectivity index (χ0n) is 24.5. The average molecular weight is 539 g/mol. The first-order chi connectivity index (χ1) is 19.0. The van der Waals surface area contributed by atoms with Crippen molar-refractivity contribution in [3.63, 3.8) is 0 Å². The zero-order valence-corrected chi connectivity index (χ0v) is 24.5. The number of halogens is 1. The van der Waals surface area contributed by atoms with Gasteiger partial charge in [-0.05, 0) is 68.4 Å². The van der Waals surface area contributed by atoms with E-state index in [1.807, 2.05) is 12.4 Å². The van der Waals surface area contributed by atoms with Gasteiger partial charge in [0.15, 0.2) is 5.82 Å². The highest BCUT2D eigenvalue weighted by Gasteiger charge is 2.46. The van der Waals surface area contributed by atoms with Crippen LogP contribution in [0.2, 0.25) is 0 Å². The topological polar surface area (TPSA) is 63.1 Å². The summed E-state index contributed by atoms with van der Waals surface area (Å²) in [7, 11) is 0. The summed E-state index contributed by atoms with van der Waals surface area (Å²) in [6.07, 6.45) is 22.2. The lowest BCUT2D eigenvalue weighted by Gasteiger charge is -2.36. The molecule has 1 heterocycles. The third kappa shape index (κ3) is 9.99. The molecule has 4 nitrogen and oxygen atoms in total. The molecule has 1 atom stereocenters. The first-order valence-electron chi connectivity index (χ1n) is 15.8. The fourth-order valence-corrected chi connectivity index (χ4v) is 6.14. The Morgan fingerprint density at radius 3 is 2.03 bits per heavy atom. The predicted octanol–water partition coefficient (Wildman–Crippen LogP) is 9.55. The molecule has 1 aliphatic carbocycles. The van der Waals surface area contributed by atoms with Gasteiger partial charge in [-0.1, -0.05) is 102 Å². The van der Waals surface area contributed by atoms with Crippen molar-refractivity contribution in [2.75, 3.05) is 0 Å². The molecule has 1 aromatic carbocycles. The number of unbranched alkanes of at least 4 members (excludes halogenated alkanes) is 8. The number of aromatic nitrogens is 2. The second kappa shape index (κ2) is 16.7. The van der Waals surface area contributed by atoms with Crippen molar-refractivity contribution in [3.8, 4) is 11.4 Å². The molecule has 0 amide bonds. The van der Waals surface area contributed by atoms with Crippen molar-refractivity contribution in [1.29, 1.82) is 0 Å². The van der Waals surface area contributed by atoms with Crippen LogP contribution >= 0.6 is 0 Å². The lowest BCUT2D eigenvalue weighted by Crippen LogP contribution is -2.43. The molecule has 1 saturated carbocycles. The van der Waals surface area contributed by atoms with Gasteiger partial charge in [-0.2, -0.15) is 0 Å². The summed E-state index contributed by atoms with van der Waals surface area (Å²) < 4.78 is 15.4. The molecule has 1 fully saturated rings. The number of benzene rings is 1. The monoisotopic (exact) mass is 538 g/mol. The third-order valence-corrected chi connectivity index (χ3v) is 8.82. The predicted molar refractivity (Wildman–Crippen MR) is 159 cm³/mol. The minimum Gasteiger partial charge on any atom is -0.479 e. The van der Waals surface area contributed by atoms with E-state index in [9.17, 15) is 9.90 Å². The van der Waals surface area contributed by atoms with E-state index in [2.05, 4.69) is 48.1 Å². The molecule has 3 rings (SSSR count). The van der Waals surface area contributed by atoms with Crippen LogP contribution in [0, 0.1) is 11.8 Å². The van der Waals surface area contributed by atoms with Crippen LogP contribution < -0.4 is 0 Å². The summed E-state index contributed by atoms with van der Waals surface area (Å²) in [5.74, 6) is -0.282. The Morgan fingerprint density at radius 2 is 1.41 bits per heavy atom. The fourth-order valence-electron chi connectivity index (χ4n) is 6.14. The van der Waals surface area contributed by atoms with Gasteiger partial charge in [0.05, 0.1) is 0 Å². The van der Waals surface area contributed by atoms with Crippen LogP contribution in [-0.4, -0.2) is 26.7 Å². The van der Waals surface area contributed by atoms with Gasteiger partial charge in [-0.25, -0.2) is 19.2 Å². The van der Waals surface area contributed by atoms with Gasteiger partial charge in [0.2, 0.25) is 5.67 Å². The van der Waals surface area contributed by atoms with E-state index in [1.54, 1.807) is 0 Å². The number of carboxylic acids is 1. The molecule has 0 unspecified atom stereocenters. The van der Waals surface area contributed by atoms with Gasteiger partial charge in [0.25, 0.3) is 0 Å². The number of carbonyl (C=O) groups is 1. The molecule has 0 aliphatic heterocycles. The Bertz CT molecular complexity index is 954. The minimum absolute atomic E-state index is 0.156. The summed E-state index contributed by atoms with van der Waals surface area (Å²) in [4.78, 5) is 21.0. The molecule has 1 aliphatic rings. The Kier molecular flexibility index (Phi) is 13.4. The van der Waals surface area contributed by atoms with E-state index < -0.39 is 11.6 Å². The maximum Gasteiger partial charge on any atom is 0.341 e. The SMILES string of the molecule is CCCCCCCCCc1cnc(-c2ccc(CC[C@H]3CC[C@H]([C@@](F)(CCCCC)C(=O)O)CC3)cc2)nc1. The third-order valence-electron chi connectivity index (χ3n) is 8.82. The highest BCUT2D eigenvalue weighted by molar-refractivity contribution is 5.77. The summed E-state index contributed by atoms with van der Waals surface area (Å²) in [5.41, 5.74) is 1.50. The Hall–Kier alpha value is -2.30. The summed E-state index contributed by atoms with van der Waals surface area (Å²) in [6.45, 7) is 4.31.